The number of ketones is 1. The highest BCUT2D eigenvalue weighted by Gasteiger charge is 2.35. The Labute approximate surface area is 171 Å². The van der Waals surface area contributed by atoms with E-state index in [9.17, 15) is 13.2 Å². The molecule has 2 aromatic carbocycles. The summed E-state index contributed by atoms with van der Waals surface area (Å²) < 4.78 is 27.5. The lowest BCUT2D eigenvalue weighted by atomic mass is 9.87. The highest BCUT2D eigenvalue weighted by atomic mass is 32.2. The van der Waals surface area contributed by atoms with E-state index < -0.39 is 10.0 Å². The number of allylic oxidation sites excluding steroid dienone is 1. The molecule has 0 aliphatic carbocycles. The van der Waals surface area contributed by atoms with Gasteiger partial charge < -0.3 is 4.98 Å². The van der Waals surface area contributed by atoms with Crippen LogP contribution in [0, 0.1) is 12.8 Å². The molecule has 2 heterocycles. The number of nitrogens with zero attached hydrogens (tertiary/aromatic N) is 1. The van der Waals surface area contributed by atoms with Gasteiger partial charge >= 0.3 is 0 Å². The number of para-hydroxylation sites is 1. The van der Waals surface area contributed by atoms with Crippen LogP contribution in [0.4, 0.5) is 0 Å². The predicted octanol–water partition coefficient (Wildman–Crippen LogP) is 4.32. The van der Waals surface area contributed by atoms with Gasteiger partial charge in [0, 0.05) is 29.9 Å². The van der Waals surface area contributed by atoms with Crippen molar-refractivity contribution in [1.29, 1.82) is 0 Å². The Hall–Kier alpha value is -2.70. The van der Waals surface area contributed by atoms with Crippen molar-refractivity contribution in [2.24, 2.45) is 5.92 Å². The minimum atomic E-state index is -3.58. The number of Topliss-reactive ketones (excluding diaryl/α,β-unsaturated/α-hetero) is 1. The zero-order valence-electron chi connectivity index (χ0n) is 16.6. The summed E-state index contributed by atoms with van der Waals surface area (Å²) in [6.07, 6.45) is 2.35. The maximum atomic E-state index is 13.2. The topological polar surface area (TPSA) is 70.2 Å². The second-order valence-corrected chi connectivity index (χ2v) is 9.43. The summed E-state index contributed by atoms with van der Waals surface area (Å²) in [5.41, 5.74) is 3.36. The van der Waals surface area contributed by atoms with E-state index in [2.05, 4.69) is 4.98 Å². The van der Waals surface area contributed by atoms with E-state index in [0.29, 0.717) is 23.6 Å². The molecule has 1 saturated heterocycles. The van der Waals surface area contributed by atoms with Gasteiger partial charge in [-0.05, 0) is 50.1 Å². The number of sulfonamides is 1. The van der Waals surface area contributed by atoms with Gasteiger partial charge in [0.1, 0.15) is 0 Å². The van der Waals surface area contributed by atoms with Crippen molar-refractivity contribution < 1.29 is 13.2 Å². The van der Waals surface area contributed by atoms with Crippen molar-refractivity contribution in [1.82, 2.24) is 9.29 Å². The van der Waals surface area contributed by atoms with Gasteiger partial charge in [0.05, 0.1) is 10.6 Å². The smallest absolute Gasteiger partial charge is 0.243 e. The summed E-state index contributed by atoms with van der Waals surface area (Å²) in [6.45, 7) is 4.35. The number of rotatable bonds is 4. The third-order valence-corrected chi connectivity index (χ3v) is 7.47. The molecule has 29 heavy (non-hydrogen) atoms. The first-order valence-electron chi connectivity index (χ1n) is 9.74. The number of carbonyl (C=O) groups excluding carboxylic acids is 1. The SMILES string of the molecule is C/C=C1\CN(S(=O)(=O)c2ccc(C)cc2)CCC1C(=O)c1cc2ccccc2[nH]1. The fourth-order valence-electron chi connectivity index (χ4n) is 3.90. The molecule has 3 aromatic rings. The molecule has 0 spiro atoms. The summed E-state index contributed by atoms with van der Waals surface area (Å²) in [5, 5.41) is 0.997. The van der Waals surface area contributed by atoms with Gasteiger partial charge in [-0.1, -0.05) is 42.0 Å². The quantitative estimate of drug-likeness (QED) is 0.516. The van der Waals surface area contributed by atoms with Crippen LogP contribution in [0.5, 0.6) is 0 Å². The maximum Gasteiger partial charge on any atom is 0.243 e. The van der Waals surface area contributed by atoms with Crippen molar-refractivity contribution in [2.45, 2.75) is 25.2 Å². The third-order valence-electron chi connectivity index (χ3n) is 5.62. The Kier molecular flexibility index (Phi) is 5.15. The molecule has 4 rings (SSSR count). The molecule has 0 bridgehead atoms. The molecule has 6 heteroatoms. The third kappa shape index (κ3) is 3.66. The van der Waals surface area contributed by atoms with Crippen LogP contribution in [0.3, 0.4) is 0 Å². The number of benzene rings is 2. The molecular formula is C23H24N2O3S. The molecular weight excluding hydrogens is 384 g/mol. The number of aromatic amines is 1. The van der Waals surface area contributed by atoms with Crippen LogP contribution in [-0.2, 0) is 10.0 Å². The van der Waals surface area contributed by atoms with E-state index in [-0.39, 0.29) is 18.2 Å². The number of aromatic nitrogens is 1. The molecule has 0 radical (unpaired) electrons. The number of hydrogen-bond donors (Lipinski definition) is 1. The first-order chi connectivity index (χ1) is 13.9. The van der Waals surface area contributed by atoms with E-state index >= 15 is 0 Å². The van der Waals surface area contributed by atoms with Crippen molar-refractivity contribution in [3.05, 3.63) is 77.5 Å². The van der Waals surface area contributed by atoms with E-state index in [1.54, 1.807) is 24.3 Å². The Morgan fingerprint density at radius 1 is 1.14 bits per heavy atom. The molecule has 1 N–H and O–H groups in total. The Balaban J connectivity index is 1.57. The standard InChI is InChI=1S/C23H24N2O3S/c1-3-17-15-25(29(27,28)19-10-8-16(2)9-11-19)13-12-20(17)23(26)22-14-18-6-4-5-7-21(18)24-22/h3-11,14,20,24H,12-13,15H2,1-2H3/b17-3+. The average molecular weight is 409 g/mol. The van der Waals surface area contributed by atoms with Gasteiger partial charge in [0.15, 0.2) is 5.78 Å². The van der Waals surface area contributed by atoms with Gasteiger partial charge in [-0.2, -0.15) is 4.31 Å². The minimum absolute atomic E-state index is 0.0154. The predicted molar refractivity (Wildman–Crippen MR) is 114 cm³/mol. The second kappa shape index (κ2) is 7.61. The van der Waals surface area contributed by atoms with Gasteiger partial charge in [0.2, 0.25) is 10.0 Å². The van der Waals surface area contributed by atoms with Crippen LogP contribution in [0.2, 0.25) is 0 Å². The van der Waals surface area contributed by atoms with E-state index in [0.717, 1.165) is 22.0 Å². The zero-order valence-corrected chi connectivity index (χ0v) is 17.4. The Morgan fingerprint density at radius 2 is 1.86 bits per heavy atom. The van der Waals surface area contributed by atoms with Crippen molar-refractivity contribution >= 4 is 26.7 Å². The van der Waals surface area contributed by atoms with Crippen molar-refractivity contribution in [3.8, 4) is 0 Å². The largest absolute Gasteiger partial charge is 0.352 e. The lowest BCUT2D eigenvalue weighted by molar-refractivity contribution is 0.0912. The molecule has 5 nitrogen and oxygen atoms in total. The summed E-state index contributed by atoms with van der Waals surface area (Å²) in [7, 11) is -3.58. The number of nitrogens with one attached hydrogen (secondary N) is 1. The molecule has 1 aliphatic heterocycles. The first-order valence-corrected chi connectivity index (χ1v) is 11.2. The monoisotopic (exact) mass is 408 g/mol. The maximum absolute atomic E-state index is 13.2. The highest BCUT2D eigenvalue weighted by Crippen LogP contribution is 2.30. The van der Waals surface area contributed by atoms with Gasteiger partial charge in [-0.3, -0.25) is 4.79 Å². The molecule has 1 atom stereocenters. The molecule has 1 aliphatic rings. The first kappa shape index (κ1) is 19.6. The van der Waals surface area contributed by atoms with Crippen molar-refractivity contribution in [2.75, 3.05) is 13.1 Å². The number of aryl methyl sites for hydroxylation is 1. The van der Waals surface area contributed by atoms with Gasteiger partial charge in [-0.15, -0.1) is 0 Å². The molecule has 1 aromatic heterocycles. The normalized spacial score (nSPS) is 19.7. The molecule has 150 valence electrons. The second-order valence-electron chi connectivity index (χ2n) is 7.49. The van der Waals surface area contributed by atoms with Crippen LogP contribution in [-0.4, -0.2) is 36.6 Å². The average Bonchev–Trinajstić information content (AvgIpc) is 3.17. The molecule has 0 saturated carbocycles. The Bertz CT molecular complexity index is 1160. The fourth-order valence-corrected chi connectivity index (χ4v) is 5.34. The molecule has 1 fully saturated rings. The number of carbonyl (C=O) groups is 1. The lowest BCUT2D eigenvalue weighted by Gasteiger charge is -2.32. The number of fused-ring (bicyclic) bond motifs is 1. The van der Waals surface area contributed by atoms with Crippen LogP contribution in [0.25, 0.3) is 10.9 Å². The number of H-pyrrole nitrogens is 1. The van der Waals surface area contributed by atoms with Gasteiger partial charge in [0.25, 0.3) is 0 Å². The minimum Gasteiger partial charge on any atom is -0.352 e. The lowest BCUT2D eigenvalue weighted by Crippen LogP contribution is -2.41. The van der Waals surface area contributed by atoms with Crippen LogP contribution in [0.1, 0.15) is 29.4 Å². The molecule has 1 unspecified atom stereocenters. The highest BCUT2D eigenvalue weighted by molar-refractivity contribution is 7.89. The molecule has 0 amide bonds. The summed E-state index contributed by atoms with van der Waals surface area (Å²) in [6, 6.07) is 16.5. The summed E-state index contributed by atoms with van der Waals surface area (Å²) >= 11 is 0. The van der Waals surface area contributed by atoms with Crippen LogP contribution < -0.4 is 0 Å². The van der Waals surface area contributed by atoms with Crippen LogP contribution >= 0.6 is 0 Å². The zero-order chi connectivity index (χ0) is 20.6. The Morgan fingerprint density at radius 3 is 2.55 bits per heavy atom. The fraction of sp³-hybridized carbons (Fsp3) is 0.261. The van der Waals surface area contributed by atoms with Crippen LogP contribution in [0.15, 0.2) is 71.1 Å². The van der Waals surface area contributed by atoms with Crippen molar-refractivity contribution in [3.63, 3.8) is 0 Å². The number of piperidine rings is 1. The van der Waals surface area contributed by atoms with E-state index in [4.69, 9.17) is 0 Å². The summed E-state index contributed by atoms with van der Waals surface area (Å²) in [4.78, 5) is 16.7. The van der Waals surface area contributed by atoms with E-state index in [1.807, 2.05) is 50.3 Å². The van der Waals surface area contributed by atoms with E-state index in [1.165, 1.54) is 4.31 Å². The summed E-state index contributed by atoms with van der Waals surface area (Å²) in [5.74, 6) is -0.292. The number of hydrogen-bond acceptors (Lipinski definition) is 3. The van der Waals surface area contributed by atoms with Gasteiger partial charge in [-0.25, -0.2) is 8.42 Å².